The standard InChI is InChI=1S/C25H27N5O4.ClH/c1-3-34-21(31)14-28-24(33)25(10-11-25)17-8-9-20-18(13-17)29-19(23(32)30(20)2)12-15-4-6-16(7-5-15)22(26)27;/h4-9,13H,3,10-12,14H2,1-2H3,(H3,26,27)(H,28,33);1H. The lowest BCUT2D eigenvalue weighted by atomic mass is 9.94. The van der Waals surface area contributed by atoms with Gasteiger partial charge in [0.25, 0.3) is 5.56 Å². The highest BCUT2D eigenvalue weighted by Gasteiger charge is 2.51. The number of rotatable bonds is 8. The van der Waals surface area contributed by atoms with Crippen LogP contribution in [-0.4, -0.2) is 40.4 Å². The van der Waals surface area contributed by atoms with Crippen LogP contribution in [0.5, 0.6) is 0 Å². The molecule has 0 radical (unpaired) electrons. The van der Waals surface area contributed by atoms with Crippen molar-refractivity contribution in [2.24, 2.45) is 12.8 Å². The van der Waals surface area contributed by atoms with Crippen LogP contribution in [0.2, 0.25) is 0 Å². The van der Waals surface area contributed by atoms with Crippen molar-refractivity contribution in [3.05, 3.63) is 75.2 Å². The molecule has 2 aromatic carbocycles. The van der Waals surface area contributed by atoms with Crippen LogP contribution >= 0.6 is 12.4 Å². The number of nitrogen functional groups attached to an aromatic ring is 1. The number of hydrogen-bond donors (Lipinski definition) is 3. The Balaban J connectivity index is 0.00000342. The molecule has 1 saturated carbocycles. The van der Waals surface area contributed by atoms with Gasteiger partial charge < -0.3 is 20.4 Å². The third kappa shape index (κ3) is 5.19. The first-order valence-corrected chi connectivity index (χ1v) is 11.1. The summed E-state index contributed by atoms with van der Waals surface area (Å²) in [5.41, 5.74) is 8.61. The average molecular weight is 498 g/mol. The van der Waals surface area contributed by atoms with Crippen molar-refractivity contribution in [1.82, 2.24) is 14.9 Å². The zero-order chi connectivity index (χ0) is 24.5. The molecule has 1 amide bonds. The third-order valence-electron chi connectivity index (χ3n) is 6.22. The molecule has 4 N–H and O–H groups in total. The molecule has 4 rings (SSSR count). The van der Waals surface area contributed by atoms with E-state index in [1.807, 2.05) is 30.3 Å². The van der Waals surface area contributed by atoms with Crippen molar-refractivity contribution < 1.29 is 14.3 Å². The first-order chi connectivity index (χ1) is 16.2. The second kappa shape index (κ2) is 10.3. The number of fused-ring (bicyclic) bond motifs is 1. The Morgan fingerprint density at radius 2 is 1.89 bits per heavy atom. The largest absolute Gasteiger partial charge is 0.465 e. The predicted octanol–water partition coefficient (Wildman–Crippen LogP) is 1.94. The van der Waals surface area contributed by atoms with Gasteiger partial charge in [0, 0.05) is 19.0 Å². The lowest BCUT2D eigenvalue weighted by molar-refractivity contribution is -0.143. The summed E-state index contributed by atoms with van der Waals surface area (Å²) in [4.78, 5) is 42.0. The number of halogens is 1. The van der Waals surface area contributed by atoms with E-state index < -0.39 is 11.4 Å². The molecule has 0 atom stereocenters. The normalized spacial score (nSPS) is 13.5. The van der Waals surface area contributed by atoms with Gasteiger partial charge in [0.1, 0.15) is 18.1 Å². The van der Waals surface area contributed by atoms with Gasteiger partial charge in [-0.2, -0.15) is 0 Å². The monoisotopic (exact) mass is 497 g/mol. The van der Waals surface area contributed by atoms with Crippen molar-refractivity contribution in [2.75, 3.05) is 13.2 Å². The van der Waals surface area contributed by atoms with Crippen molar-refractivity contribution in [1.29, 1.82) is 5.41 Å². The highest BCUT2D eigenvalue weighted by molar-refractivity contribution is 5.95. The second-order valence-corrected chi connectivity index (χ2v) is 8.48. The number of benzene rings is 2. The molecule has 1 aliphatic carbocycles. The minimum Gasteiger partial charge on any atom is -0.465 e. The Hall–Kier alpha value is -3.72. The number of nitrogens with zero attached hydrogens (tertiary/aromatic N) is 2. The van der Waals surface area contributed by atoms with Crippen LogP contribution in [0.4, 0.5) is 0 Å². The molecule has 9 nitrogen and oxygen atoms in total. The molecule has 0 aliphatic heterocycles. The summed E-state index contributed by atoms with van der Waals surface area (Å²) in [5, 5.41) is 10.2. The van der Waals surface area contributed by atoms with E-state index >= 15 is 0 Å². The summed E-state index contributed by atoms with van der Waals surface area (Å²) in [5.74, 6) is -0.697. The molecule has 35 heavy (non-hydrogen) atoms. The zero-order valence-corrected chi connectivity index (χ0v) is 20.4. The number of amides is 1. The number of aromatic nitrogens is 2. The molecule has 0 spiro atoms. The fraction of sp³-hybridized carbons (Fsp3) is 0.320. The molecule has 184 valence electrons. The van der Waals surface area contributed by atoms with Gasteiger partial charge in [-0.3, -0.25) is 19.8 Å². The van der Waals surface area contributed by atoms with E-state index in [1.54, 1.807) is 30.7 Å². The van der Waals surface area contributed by atoms with Crippen LogP contribution < -0.4 is 16.6 Å². The number of amidine groups is 1. The van der Waals surface area contributed by atoms with E-state index in [1.165, 1.54) is 0 Å². The van der Waals surface area contributed by atoms with Crippen LogP contribution in [0.15, 0.2) is 47.3 Å². The number of esters is 1. The molecule has 1 aliphatic rings. The number of hydrogen-bond acceptors (Lipinski definition) is 6. The highest BCUT2D eigenvalue weighted by Crippen LogP contribution is 2.48. The van der Waals surface area contributed by atoms with Crippen molar-refractivity contribution in [2.45, 2.75) is 31.6 Å². The topological polar surface area (TPSA) is 140 Å². The maximum absolute atomic E-state index is 12.9. The van der Waals surface area contributed by atoms with E-state index in [2.05, 4.69) is 10.3 Å². The number of aryl methyl sites for hydroxylation is 1. The van der Waals surface area contributed by atoms with E-state index in [-0.39, 0.29) is 42.9 Å². The van der Waals surface area contributed by atoms with E-state index in [4.69, 9.17) is 15.9 Å². The van der Waals surface area contributed by atoms with E-state index in [0.717, 1.165) is 11.1 Å². The van der Waals surface area contributed by atoms with Gasteiger partial charge in [-0.15, -0.1) is 12.4 Å². The van der Waals surface area contributed by atoms with Crippen LogP contribution in [0.3, 0.4) is 0 Å². The molecule has 1 aromatic heterocycles. The molecular weight excluding hydrogens is 470 g/mol. The average Bonchev–Trinajstić information content (AvgIpc) is 3.63. The SMILES string of the molecule is CCOC(=O)CNC(=O)C1(c2ccc3c(c2)nc(Cc2ccc(C(=N)N)cc2)c(=O)n3C)CC1.Cl. The summed E-state index contributed by atoms with van der Waals surface area (Å²) in [6.45, 7) is 1.81. The lowest BCUT2D eigenvalue weighted by Crippen LogP contribution is -2.38. The Morgan fingerprint density at radius 1 is 1.20 bits per heavy atom. The molecule has 0 saturated heterocycles. The van der Waals surface area contributed by atoms with Crippen molar-refractivity contribution in [3.63, 3.8) is 0 Å². The van der Waals surface area contributed by atoms with E-state index in [9.17, 15) is 14.4 Å². The minimum atomic E-state index is -0.695. The summed E-state index contributed by atoms with van der Waals surface area (Å²) in [6.07, 6.45) is 1.68. The van der Waals surface area contributed by atoms with Crippen LogP contribution in [-0.2, 0) is 33.2 Å². The lowest BCUT2D eigenvalue weighted by Gasteiger charge is -2.17. The summed E-state index contributed by atoms with van der Waals surface area (Å²) in [6, 6.07) is 12.6. The van der Waals surface area contributed by atoms with Gasteiger partial charge in [0.2, 0.25) is 5.91 Å². The predicted molar refractivity (Wildman–Crippen MR) is 135 cm³/mol. The highest BCUT2D eigenvalue weighted by atomic mass is 35.5. The van der Waals surface area contributed by atoms with Crippen molar-refractivity contribution >= 4 is 41.2 Å². The van der Waals surface area contributed by atoms with Crippen LogP contribution in [0.25, 0.3) is 11.0 Å². The Bertz CT molecular complexity index is 1350. The van der Waals surface area contributed by atoms with Crippen LogP contribution in [0, 0.1) is 5.41 Å². The molecule has 10 heteroatoms. The van der Waals surface area contributed by atoms with Gasteiger partial charge in [0.05, 0.1) is 23.1 Å². The number of nitrogens with two attached hydrogens (primary N) is 1. The Kier molecular flexibility index (Phi) is 7.60. The number of nitrogens with one attached hydrogen (secondary N) is 2. The van der Waals surface area contributed by atoms with Gasteiger partial charge in [-0.25, -0.2) is 4.98 Å². The van der Waals surface area contributed by atoms with Gasteiger partial charge in [-0.1, -0.05) is 30.3 Å². The summed E-state index contributed by atoms with van der Waals surface area (Å²) in [7, 11) is 1.70. The van der Waals surface area contributed by atoms with Crippen LogP contribution in [0.1, 0.15) is 42.1 Å². The van der Waals surface area contributed by atoms with Gasteiger partial charge in [0.15, 0.2) is 0 Å². The first-order valence-electron chi connectivity index (χ1n) is 11.1. The van der Waals surface area contributed by atoms with Gasteiger partial charge >= 0.3 is 5.97 Å². The summed E-state index contributed by atoms with van der Waals surface area (Å²) < 4.78 is 6.44. The number of carbonyl (C=O) groups excluding carboxylic acids is 2. The molecular formula is C25H28ClN5O4. The molecule has 1 fully saturated rings. The number of ether oxygens (including phenoxy) is 1. The Labute approximate surface area is 208 Å². The maximum atomic E-state index is 12.9. The van der Waals surface area contributed by atoms with Crippen molar-refractivity contribution in [3.8, 4) is 0 Å². The maximum Gasteiger partial charge on any atom is 0.325 e. The zero-order valence-electron chi connectivity index (χ0n) is 19.6. The third-order valence-corrected chi connectivity index (χ3v) is 6.22. The number of carbonyl (C=O) groups is 2. The molecule has 0 bridgehead atoms. The molecule has 3 aromatic rings. The molecule has 1 heterocycles. The smallest absolute Gasteiger partial charge is 0.325 e. The quantitative estimate of drug-likeness (QED) is 0.247. The Morgan fingerprint density at radius 3 is 2.49 bits per heavy atom. The summed E-state index contributed by atoms with van der Waals surface area (Å²) >= 11 is 0. The fourth-order valence-corrected chi connectivity index (χ4v) is 4.11. The second-order valence-electron chi connectivity index (χ2n) is 8.48. The fourth-order valence-electron chi connectivity index (χ4n) is 4.11. The van der Waals surface area contributed by atoms with Gasteiger partial charge in [-0.05, 0) is 43.0 Å². The van der Waals surface area contributed by atoms with E-state index in [0.29, 0.717) is 41.6 Å². The molecule has 0 unspecified atom stereocenters. The minimum absolute atomic E-state index is 0. The first kappa shape index (κ1) is 25.9.